The number of rotatable bonds is 4. The molecule has 2 heterocycles. The first-order valence-corrected chi connectivity index (χ1v) is 7.89. The van der Waals surface area contributed by atoms with Gasteiger partial charge in [0.2, 0.25) is 0 Å². The lowest BCUT2D eigenvalue weighted by atomic mass is 10.1. The third kappa shape index (κ3) is 3.42. The van der Waals surface area contributed by atoms with Crippen LogP contribution < -0.4 is 4.74 Å². The van der Waals surface area contributed by atoms with E-state index in [1.807, 2.05) is 24.3 Å². The summed E-state index contributed by atoms with van der Waals surface area (Å²) in [4.78, 5) is 14.4. The molecule has 24 heavy (non-hydrogen) atoms. The summed E-state index contributed by atoms with van der Waals surface area (Å²) in [6.07, 6.45) is 3.24. The number of aliphatic hydroxyl groups excluding tert-OH is 1. The predicted molar refractivity (Wildman–Crippen MR) is 87.4 cm³/mol. The van der Waals surface area contributed by atoms with Crippen molar-refractivity contribution in [3.05, 3.63) is 42.2 Å². The quantitative estimate of drug-likeness (QED) is 0.903. The van der Waals surface area contributed by atoms with E-state index in [4.69, 9.17) is 9.47 Å². The largest absolute Gasteiger partial charge is 0.494 e. The maximum Gasteiger partial charge on any atom is 0.257 e. The molecular weight excluding hydrogens is 310 g/mol. The molecule has 7 nitrogen and oxygen atoms in total. The summed E-state index contributed by atoms with van der Waals surface area (Å²) in [6.45, 7) is 1.94. The number of ether oxygens (including phenoxy) is 2. The second kappa shape index (κ2) is 7.46. The highest BCUT2D eigenvalue weighted by molar-refractivity contribution is 5.93. The summed E-state index contributed by atoms with van der Waals surface area (Å²) in [5.74, 6) is 0.518. The van der Waals surface area contributed by atoms with E-state index in [0.717, 1.165) is 5.69 Å². The molecule has 1 aliphatic heterocycles. The van der Waals surface area contributed by atoms with Crippen molar-refractivity contribution < 1.29 is 19.4 Å². The molecule has 0 radical (unpaired) electrons. The van der Waals surface area contributed by atoms with Gasteiger partial charge in [0.25, 0.3) is 5.91 Å². The van der Waals surface area contributed by atoms with E-state index in [1.165, 1.54) is 0 Å². The topological polar surface area (TPSA) is 76.8 Å². The smallest absolute Gasteiger partial charge is 0.257 e. The van der Waals surface area contributed by atoms with Gasteiger partial charge >= 0.3 is 0 Å². The van der Waals surface area contributed by atoms with Gasteiger partial charge in [-0.15, -0.1) is 0 Å². The molecule has 0 spiro atoms. The second-order valence-corrected chi connectivity index (χ2v) is 5.72. The number of para-hydroxylation sites is 2. The van der Waals surface area contributed by atoms with Crippen LogP contribution in [0.1, 0.15) is 10.4 Å². The van der Waals surface area contributed by atoms with E-state index in [0.29, 0.717) is 37.6 Å². The number of hydrogen-bond acceptors (Lipinski definition) is 5. The minimum Gasteiger partial charge on any atom is -0.494 e. The van der Waals surface area contributed by atoms with Gasteiger partial charge in [-0.25, -0.2) is 4.68 Å². The van der Waals surface area contributed by atoms with Gasteiger partial charge in [0.1, 0.15) is 11.4 Å². The molecule has 1 fully saturated rings. The zero-order valence-electron chi connectivity index (χ0n) is 13.6. The van der Waals surface area contributed by atoms with E-state index >= 15 is 0 Å². The molecule has 3 rings (SSSR count). The molecule has 1 amide bonds. The standard InChI is InChI=1S/C17H21N3O4/c1-23-16-5-3-2-4-15(16)20-10-14(8-18-20)17(22)19-6-7-24-12-13(9-19)11-21/h2-5,8,10,13,21H,6-7,9,11-12H2,1H3/t13-/m0/s1. The van der Waals surface area contributed by atoms with Crippen molar-refractivity contribution >= 4 is 5.91 Å². The minimum absolute atomic E-state index is 0.00422. The number of carbonyl (C=O) groups excluding carboxylic acids is 1. The van der Waals surface area contributed by atoms with E-state index in [-0.39, 0.29) is 18.4 Å². The molecule has 1 aromatic heterocycles. The van der Waals surface area contributed by atoms with Crippen molar-refractivity contribution in [2.75, 3.05) is 40.0 Å². The Morgan fingerprint density at radius 1 is 1.46 bits per heavy atom. The zero-order chi connectivity index (χ0) is 16.9. The Morgan fingerprint density at radius 2 is 2.29 bits per heavy atom. The lowest BCUT2D eigenvalue weighted by Gasteiger charge is -2.21. The van der Waals surface area contributed by atoms with Gasteiger partial charge in [0.05, 0.1) is 32.1 Å². The Kier molecular flexibility index (Phi) is 5.12. The molecule has 1 aromatic carbocycles. The van der Waals surface area contributed by atoms with Gasteiger partial charge in [0.15, 0.2) is 0 Å². The van der Waals surface area contributed by atoms with Crippen LogP contribution in [0.25, 0.3) is 5.69 Å². The zero-order valence-corrected chi connectivity index (χ0v) is 13.6. The van der Waals surface area contributed by atoms with Gasteiger partial charge in [-0.2, -0.15) is 5.10 Å². The summed E-state index contributed by atoms with van der Waals surface area (Å²) in [5, 5.41) is 13.6. The van der Waals surface area contributed by atoms with Gasteiger partial charge in [-0.05, 0) is 12.1 Å². The highest BCUT2D eigenvalue weighted by atomic mass is 16.5. The van der Waals surface area contributed by atoms with Gasteiger partial charge in [0, 0.05) is 31.8 Å². The minimum atomic E-state index is -0.111. The summed E-state index contributed by atoms with van der Waals surface area (Å²) < 4.78 is 12.4. The molecule has 1 N–H and O–H groups in total. The Morgan fingerprint density at radius 3 is 3.08 bits per heavy atom. The molecule has 1 saturated heterocycles. The molecule has 0 aliphatic carbocycles. The van der Waals surface area contributed by atoms with Crippen molar-refractivity contribution in [2.24, 2.45) is 5.92 Å². The van der Waals surface area contributed by atoms with Crippen LogP contribution in [0.5, 0.6) is 5.75 Å². The van der Waals surface area contributed by atoms with Crippen molar-refractivity contribution in [2.45, 2.75) is 0 Å². The number of aliphatic hydroxyl groups is 1. The molecule has 2 aromatic rings. The SMILES string of the molecule is COc1ccccc1-n1cc(C(=O)N2CCOC[C@H](CO)C2)cn1. The second-order valence-electron chi connectivity index (χ2n) is 5.72. The van der Waals surface area contributed by atoms with Crippen molar-refractivity contribution in [3.8, 4) is 11.4 Å². The Balaban J connectivity index is 1.80. The lowest BCUT2D eigenvalue weighted by Crippen LogP contribution is -2.36. The summed E-state index contributed by atoms with van der Waals surface area (Å²) >= 11 is 0. The Bertz CT molecular complexity index is 701. The first-order valence-electron chi connectivity index (χ1n) is 7.89. The van der Waals surface area contributed by atoms with Gasteiger partial charge in [-0.3, -0.25) is 4.79 Å². The van der Waals surface area contributed by atoms with Crippen LogP contribution in [0.15, 0.2) is 36.7 Å². The van der Waals surface area contributed by atoms with Crippen LogP contribution in [-0.4, -0.2) is 65.7 Å². The molecule has 0 bridgehead atoms. The molecule has 1 aliphatic rings. The van der Waals surface area contributed by atoms with Gasteiger partial charge < -0.3 is 19.5 Å². The van der Waals surface area contributed by atoms with Crippen LogP contribution in [0.2, 0.25) is 0 Å². The monoisotopic (exact) mass is 331 g/mol. The van der Waals surface area contributed by atoms with E-state index < -0.39 is 0 Å². The average Bonchev–Trinajstić information content (AvgIpc) is 2.99. The first-order chi connectivity index (χ1) is 11.7. The fourth-order valence-electron chi connectivity index (χ4n) is 2.74. The molecule has 0 unspecified atom stereocenters. The fourth-order valence-corrected chi connectivity index (χ4v) is 2.74. The van der Waals surface area contributed by atoms with Crippen molar-refractivity contribution in [1.82, 2.24) is 14.7 Å². The molecule has 128 valence electrons. The third-order valence-electron chi connectivity index (χ3n) is 4.04. The summed E-state index contributed by atoms with van der Waals surface area (Å²) in [7, 11) is 1.60. The maximum absolute atomic E-state index is 12.7. The molecule has 7 heteroatoms. The lowest BCUT2D eigenvalue weighted by molar-refractivity contribution is 0.0728. The number of carbonyl (C=O) groups is 1. The number of amides is 1. The Hall–Kier alpha value is -2.38. The van der Waals surface area contributed by atoms with Crippen molar-refractivity contribution in [1.29, 1.82) is 0 Å². The first kappa shape index (κ1) is 16.5. The van der Waals surface area contributed by atoms with Crippen LogP contribution in [0.3, 0.4) is 0 Å². The molecule has 1 atom stereocenters. The normalized spacial score (nSPS) is 18.2. The highest BCUT2D eigenvalue weighted by Gasteiger charge is 2.24. The predicted octanol–water partition coefficient (Wildman–Crippen LogP) is 0.962. The summed E-state index contributed by atoms with van der Waals surface area (Å²) in [5.41, 5.74) is 1.27. The molecule has 0 saturated carbocycles. The number of benzene rings is 1. The van der Waals surface area contributed by atoms with E-state index in [1.54, 1.807) is 29.1 Å². The van der Waals surface area contributed by atoms with Crippen molar-refractivity contribution in [3.63, 3.8) is 0 Å². The Labute approximate surface area is 140 Å². The van der Waals surface area contributed by atoms with Crippen LogP contribution in [0, 0.1) is 5.92 Å². The maximum atomic E-state index is 12.7. The van der Waals surface area contributed by atoms with Gasteiger partial charge in [-0.1, -0.05) is 12.1 Å². The average molecular weight is 331 g/mol. The highest BCUT2D eigenvalue weighted by Crippen LogP contribution is 2.22. The number of nitrogens with zero attached hydrogens (tertiary/aromatic N) is 3. The van der Waals surface area contributed by atoms with E-state index in [9.17, 15) is 9.90 Å². The van der Waals surface area contributed by atoms with Crippen LogP contribution >= 0.6 is 0 Å². The number of hydrogen-bond donors (Lipinski definition) is 1. The summed E-state index contributed by atoms with van der Waals surface area (Å²) in [6, 6.07) is 7.49. The fraction of sp³-hybridized carbons (Fsp3) is 0.412. The van der Waals surface area contributed by atoms with Crippen LogP contribution in [0.4, 0.5) is 0 Å². The molecular formula is C17H21N3O4. The third-order valence-corrected chi connectivity index (χ3v) is 4.04. The van der Waals surface area contributed by atoms with E-state index in [2.05, 4.69) is 5.10 Å². The van der Waals surface area contributed by atoms with Crippen LogP contribution in [-0.2, 0) is 4.74 Å². The number of methoxy groups -OCH3 is 1. The number of aromatic nitrogens is 2.